The molecule has 1 aromatic carbocycles. The summed E-state index contributed by atoms with van der Waals surface area (Å²) in [6.45, 7) is 5.47. The van der Waals surface area contributed by atoms with Crippen LogP contribution in [0.15, 0.2) is 18.2 Å². The maximum atomic E-state index is 11.4. The summed E-state index contributed by atoms with van der Waals surface area (Å²) in [6.07, 6.45) is 0.766. The first-order valence-electron chi connectivity index (χ1n) is 5.96. The van der Waals surface area contributed by atoms with E-state index in [1.807, 2.05) is 13.8 Å². The predicted octanol–water partition coefficient (Wildman–Crippen LogP) is 2.37. The molecule has 18 heavy (non-hydrogen) atoms. The molecule has 0 amide bonds. The van der Waals surface area contributed by atoms with E-state index in [2.05, 4.69) is 0 Å². The summed E-state index contributed by atoms with van der Waals surface area (Å²) >= 11 is 0. The van der Waals surface area contributed by atoms with E-state index in [-0.39, 0.29) is 6.42 Å². The van der Waals surface area contributed by atoms with Crippen molar-refractivity contribution in [1.82, 2.24) is 0 Å². The smallest absolute Gasteiger partial charge is 0.325 e. The van der Waals surface area contributed by atoms with E-state index in [4.69, 9.17) is 0 Å². The lowest BCUT2D eigenvalue weighted by molar-refractivity contribution is -0.157. The van der Waals surface area contributed by atoms with Gasteiger partial charge in [-0.2, -0.15) is 0 Å². The topological polar surface area (TPSA) is 74.6 Å². The van der Waals surface area contributed by atoms with Crippen LogP contribution in [0.25, 0.3) is 0 Å². The Hall–Kier alpha value is -1.84. The number of aryl methyl sites for hydroxylation is 2. The largest absolute Gasteiger partial charge is 0.480 e. The maximum absolute atomic E-state index is 11.4. The number of carboxylic acid groups (broad SMARTS) is 2. The summed E-state index contributed by atoms with van der Waals surface area (Å²) in [6, 6.07) is 5.08. The molecule has 0 aliphatic rings. The number of carbonyl (C=O) groups is 2. The highest BCUT2D eigenvalue weighted by Crippen LogP contribution is 2.30. The van der Waals surface area contributed by atoms with E-state index in [1.165, 1.54) is 0 Å². The van der Waals surface area contributed by atoms with Crippen LogP contribution in [-0.4, -0.2) is 22.2 Å². The summed E-state index contributed by atoms with van der Waals surface area (Å²) in [5.41, 5.74) is 0.514. The highest BCUT2D eigenvalue weighted by atomic mass is 16.4. The Kier molecular flexibility index (Phi) is 4.11. The van der Waals surface area contributed by atoms with E-state index in [1.54, 1.807) is 25.1 Å². The first-order valence-corrected chi connectivity index (χ1v) is 5.96. The van der Waals surface area contributed by atoms with Gasteiger partial charge in [0.2, 0.25) is 0 Å². The molecule has 0 saturated carbocycles. The Balaban J connectivity index is 3.48. The van der Waals surface area contributed by atoms with E-state index < -0.39 is 17.4 Å². The minimum absolute atomic E-state index is 0.0177. The molecule has 2 N–H and O–H groups in total. The summed E-state index contributed by atoms with van der Waals surface area (Å²) in [5.74, 6) is -2.63. The van der Waals surface area contributed by atoms with E-state index in [0.29, 0.717) is 5.56 Å². The molecule has 0 aromatic heterocycles. The summed E-state index contributed by atoms with van der Waals surface area (Å²) in [7, 11) is 0. The molecule has 0 aliphatic carbocycles. The molecule has 1 rings (SSSR count). The second kappa shape index (κ2) is 5.21. The van der Waals surface area contributed by atoms with Crippen molar-refractivity contribution in [2.24, 2.45) is 0 Å². The normalized spacial score (nSPS) is 11.3. The summed E-state index contributed by atoms with van der Waals surface area (Å²) in [4.78, 5) is 22.8. The van der Waals surface area contributed by atoms with E-state index in [0.717, 1.165) is 17.5 Å². The van der Waals surface area contributed by atoms with Crippen LogP contribution < -0.4 is 0 Å². The number of hydrogen-bond acceptors (Lipinski definition) is 2. The molecule has 0 spiro atoms. The van der Waals surface area contributed by atoms with Crippen molar-refractivity contribution in [1.29, 1.82) is 0 Å². The second-order valence-corrected chi connectivity index (χ2v) is 4.36. The van der Waals surface area contributed by atoms with Crippen molar-refractivity contribution in [3.63, 3.8) is 0 Å². The van der Waals surface area contributed by atoms with Gasteiger partial charge in [-0.1, -0.05) is 32.0 Å². The SMILES string of the molecule is CCc1cc(C(CC)(C(=O)O)C(=O)O)ccc1C. The second-order valence-electron chi connectivity index (χ2n) is 4.36. The van der Waals surface area contributed by atoms with Gasteiger partial charge in [0.1, 0.15) is 0 Å². The number of carboxylic acids is 2. The highest BCUT2D eigenvalue weighted by molar-refractivity contribution is 6.04. The van der Waals surface area contributed by atoms with E-state index >= 15 is 0 Å². The van der Waals surface area contributed by atoms with Crippen LogP contribution >= 0.6 is 0 Å². The number of rotatable bonds is 5. The van der Waals surface area contributed by atoms with Crippen molar-refractivity contribution >= 4 is 11.9 Å². The Morgan fingerprint density at radius 2 is 1.72 bits per heavy atom. The Morgan fingerprint density at radius 3 is 2.11 bits per heavy atom. The Morgan fingerprint density at radius 1 is 1.17 bits per heavy atom. The average molecular weight is 250 g/mol. The lowest BCUT2D eigenvalue weighted by Gasteiger charge is -2.24. The monoisotopic (exact) mass is 250 g/mol. The quantitative estimate of drug-likeness (QED) is 0.787. The fourth-order valence-corrected chi connectivity index (χ4v) is 2.16. The number of benzene rings is 1. The van der Waals surface area contributed by atoms with Crippen molar-refractivity contribution in [2.75, 3.05) is 0 Å². The highest BCUT2D eigenvalue weighted by Gasteiger charge is 2.46. The molecule has 4 nitrogen and oxygen atoms in total. The average Bonchev–Trinajstić information content (AvgIpc) is 2.31. The molecule has 4 heteroatoms. The number of hydrogen-bond donors (Lipinski definition) is 2. The molecule has 0 atom stereocenters. The van der Waals surface area contributed by atoms with Crippen LogP contribution in [0.5, 0.6) is 0 Å². The molecule has 0 aliphatic heterocycles. The van der Waals surface area contributed by atoms with Crippen LogP contribution in [0, 0.1) is 6.92 Å². The van der Waals surface area contributed by atoms with Crippen molar-refractivity contribution in [2.45, 2.75) is 39.0 Å². The van der Waals surface area contributed by atoms with Crippen LogP contribution in [0.4, 0.5) is 0 Å². The lowest BCUT2D eigenvalue weighted by Crippen LogP contribution is -2.43. The Labute approximate surface area is 106 Å². The molecule has 0 radical (unpaired) electrons. The third-order valence-electron chi connectivity index (χ3n) is 3.48. The Bertz CT molecular complexity index is 463. The predicted molar refractivity (Wildman–Crippen MR) is 67.8 cm³/mol. The van der Waals surface area contributed by atoms with Gasteiger partial charge in [0, 0.05) is 0 Å². The minimum Gasteiger partial charge on any atom is -0.480 e. The van der Waals surface area contributed by atoms with Gasteiger partial charge in [0.05, 0.1) is 0 Å². The van der Waals surface area contributed by atoms with Gasteiger partial charge < -0.3 is 10.2 Å². The van der Waals surface area contributed by atoms with Crippen molar-refractivity contribution in [3.8, 4) is 0 Å². The van der Waals surface area contributed by atoms with Gasteiger partial charge >= 0.3 is 11.9 Å². The first-order chi connectivity index (χ1) is 8.40. The van der Waals surface area contributed by atoms with Gasteiger partial charge in [-0.3, -0.25) is 9.59 Å². The summed E-state index contributed by atoms with van der Waals surface area (Å²) < 4.78 is 0. The minimum atomic E-state index is -1.85. The first kappa shape index (κ1) is 14.2. The molecule has 0 heterocycles. The van der Waals surface area contributed by atoms with E-state index in [9.17, 15) is 19.8 Å². The molecule has 0 fully saturated rings. The molecule has 98 valence electrons. The lowest BCUT2D eigenvalue weighted by atomic mass is 9.77. The molecular formula is C14H18O4. The van der Waals surface area contributed by atoms with Crippen LogP contribution in [-0.2, 0) is 21.4 Å². The van der Waals surface area contributed by atoms with Gasteiger partial charge in [-0.15, -0.1) is 0 Å². The van der Waals surface area contributed by atoms with Gasteiger partial charge in [-0.25, -0.2) is 0 Å². The zero-order valence-electron chi connectivity index (χ0n) is 10.9. The van der Waals surface area contributed by atoms with Crippen LogP contribution in [0.1, 0.15) is 37.0 Å². The maximum Gasteiger partial charge on any atom is 0.325 e. The molecule has 0 bridgehead atoms. The molecule has 0 unspecified atom stereocenters. The number of aliphatic carboxylic acids is 2. The molecule has 0 saturated heterocycles. The fraction of sp³-hybridized carbons (Fsp3) is 0.429. The zero-order chi connectivity index (χ0) is 13.9. The third-order valence-corrected chi connectivity index (χ3v) is 3.48. The molecule has 1 aromatic rings. The van der Waals surface area contributed by atoms with Gasteiger partial charge in [0.15, 0.2) is 5.41 Å². The van der Waals surface area contributed by atoms with Crippen molar-refractivity contribution in [3.05, 3.63) is 34.9 Å². The third kappa shape index (κ3) is 2.10. The zero-order valence-corrected chi connectivity index (χ0v) is 10.9. The van der Waals surface area contributed by atoms with Gasteiger partial charge in [0.25, 0.3) is 0 Å². The molecular weight excluding hydrogens is 232 g/mol. The summed E-state index contributed by atoms with van der Waals surface area (Å²) in [5, 5.41) is 18.6. The standard InChI is InChI=1S/C14H18O4/c1-4-10-8-11(7-6-9(10)3)14(5-2,12(15)16)13(17)18/h6-8H,4-5H2,1-3H3,(H,15,16)(H,17,18). The van der Waals surface area contributed by atoms with Crippen LogP contribution in [0.3, 0.4) is 0 Å². The van der Waals surface area contributed by atoms with Crippen molar-refractivity contribution < 1.29 is 19.8 Å². The van der Waals surface area contributed by atoms with Gasteiger partial charge in [-0.05, 0) is 36.5 Å². The fourth-order valence-electron chi connectivity index (χ4n) is 2.16. The van der Waals surface area contributed by atoms with Crippen LogP contribution in [0.2, 0.25) is 0 Å².